The number of aromatic nitrogens is 1. The fourth-order valence-corrected chi connectivity index (χ4v) is 2.78. The normalized spacial score (nSPS) is 16.2. The Kier molecular flexibility index (Phi) is 5.74. The Bertz CT molecular complexity index is 532. The van der Waals surface area contributed by atoms with Crippen LogP contribution in [0, 0.1) is 0 Å². The van der Waals surface area contributed by atoms with Gasteiger partial charge in [0, 0.05) is 18.3 Å². The second-order valence-electron chi connectivity index (χ2n) is 6.32. The highest BCUT2D eigenvalue weighted by atomic mass is 19.3. The first-order chi connectivity index (χ1) is 10.9. The highest BCUT2D eigenvalue weighted by Gasteiger charge is 2.25. The van der Waals surface area contributed by atoms with Gasteiger partial charge in [0.1, 0.15) is 0 Å². The Balaban J connectivity index is 1.98. The number of amides is 2. The number of urea groups is 1. The van der Waals surface area contributed by atoms with Crippen LogP contribution in [0.4, 0.5) is 13.6 Å². The Labute approximate surface area is 134 Å². The molecule has 5 nitrogen and oxygen atoms in total. The van der Waals surface area contributed by atoms with Crippen molar-refractivity contribution < 1.29 is 18.3 Å². The molecule has 0 spiro atoms. The second kappa shape index (κ2) is 7.57. The molecule has 0 aliphatic heterocycles. The summed E-state index contributed by atoms with van der Waals surface area (Å²) >= 11 is 0. The summed E-state index contributed by atoms with van der Waals surface area (Å²) in [6.07, 6.45) is 6.86. The van der Waals surface area contributed by atoms with E-state index in [9.17, 15) is 13.6 Å². The lowest BCUT2D eigenvalue weighted by atomic mass is 9.94. The van der Waals surface area contributed by atoms with Crippen molar-refractivity contribution in [3.8, 4) is 5.88 Å². The van der Waals surface area contributed by atoms with Crippen LogP contribution >= 0.6 is 0 Å². The maximum atomic E-state index is 12.3. The molecule has 1 aliphatic rings. The Hall–Kier alpha value is -1.92. The topological polar surface area (TPSA) is 63.2 Å². The lowest BCUT2D eigenvalue weighted by Crippen LogP contribution is -2.49. The number of hydrogen-bond acceptors (Lipinski definition) is 3. The van der Waals surface area contributed by atoms with Crippen LogP contribution in [0.15, 0.2) is 18.3 Å². The number of carbonyl (C=O) groups excluding carboxylic acids is 1. The molecule has 1 aromatic rings. The minimum Gasteiger partial charge on any atom is -0.417 e. The number of alkyl halides is 2. The summed E-state index contributed by atoms with van der Waals surface area (Å²) in [6.45, 7) is 0.674. The van der Waals surface area contributed by atoms with Gasteiger partial charge in [-0.3, -0.25) is 0 Å². The molecule has 0 bridgehead atoms. The van der Waals surface area contributed by atoms with Crippen molar-refractivity contribution in [1.29, 1.82) is 0 Å². The van der Waals surface area contributed by atoms with E-state index in [0.717, 1.165) is 25.7 Å². The molecule has 1 saturated carbocycles. The second-order valence-corrected chi connectivity index (χ2v) is 6.32. The van der Waals surface area contributed by atoms with Crippen molar-refractivity contribution in [2.24, 2.45) is 0 Å². The van der Waals surface area contributed by atoms with E-state index in [1.807, 2.05) is 0 Å². The molecule has 0 radical (unpaired) electrons. The Morgan fingerprint density at radius 1 is 1.35 bits per heavy atom. The van der Waals surface area contributed by atoms with E-state index in [0.29, 0.717) is 5.56 Å². The van der Waals surface area contributed by atoms with Crippen LogP contribution in [-0.4, -0.2) is 23.7 Å². The summed E-state index contributed by atoms with van der Waals surface area (Å²) in [5.41, 5.74) is -0.0935. The SMILES string of the molecule is CC(C)(NC(=O)NC1CCCCC1)c1ccnc(OC(F)F)c1. The third-order valence-corrected chi connectivity index (χ3v) is 4.03. The Morgan fingerprint density at radius 2 is 2.04 bits per heavy atom. The molecule has 0 aromatic carbocycles. The van der Waals surface area contributed by atoms with Crippen molar-refractivity contribution in [3.05, 3.63) is 23.9 Å². The van der Waals surface area contributed by atoms with E-state index in [1.165, 1.54) is 18.7 Å². The molecule has 0 unspecified atom stereocenters. The summed E-state index contributed by atoms with van der Waals surface area (Å²) in [5.74, 6) is -0.167. The fraction of sp³-hybridized carbons (Fsp3) is 0.625. The molecule has 128 valence electrons. The molecule has 1 heterocycles. The zero-order valence-electron chi connectivity index (χ0n) is 13.4. The van der Waals surface area contributed by atoms with Crippen LogP contribution in [0.2, 0.25) is 0 Å². The molecule has 1 aromatic heterocycles. The summed E-state index contributed by atoms with van der Waals surface area (Å²) < 4.78 is 28.9. The molecular formula is C16H23F2N3O2. The summed E-state index contributed by atoms with van der Waals surface area (Å²) in [4.78, 5) is 15.9. The predicted octanol–water partition coefficient (Wildman–Crippen LogP) is 3.55. The van der Waals surface area contributed by atoms with Crippen LogP contribution in [0.1, 0.15) is 51.5 Å². The molecule has 1 fully saturated rings. The zero-order chi connectivity index (χ0) is 16.9. The van der Waals surface area contributed by atoms with Gasteiger partial charge in [-0.15, -0.1) is 0 Å². The number of halogens is 2. The molecule has 0 atom stereocenters. The first-order valence-corrected chi connectivity index (χ1v) is 7.87. The summed E-state index contributed by atoms with van der Waals surface area (Å²) in [6, 6.07) is 3.02. The molecule has 7 heteroatoms. The van der Waals surface area contributed by atoms with Gasteiger partial charge in [-0.25, -0.2) is 9.78 Å². The van der Waals surface area contributed by atoms with Gasteiger partial charge in [-0.05, 0) is 38.3 Å². The number of carbonyl (C=O) groups is 1. The number of nitrogens with one attached hydrogen (secondary N) is 2. The van der Waals surface area contributed by atoms with E-state index < -0.39 is 12.2 Å². The van der Waals surface area contributed by atoms with Crippen LogP contribution in [0.25, 0.3) is 0 Å². The summed E-state index contributed by atoms with van der Waals surface area (Å²) in [5, 5.41) is 5.85. The predicted molar refractivity (Wildman–Crippen MR) is 82.4 cm³/mol. The molecule has 2 rings (SSSR count). The number of rotatable bonds is 5. The van der Waals surface area contributed by atoms with Gasteiger partial charge in [0.15, 0.2) is 0 Å². The van der Waals surface area contributed by atoms with E-state index >= 15 is 0 Å². The van der Waals surface area contributed by atoms with Crippen molar-refractivity contribution >= 4 is 6.03 Å². The van der Waals surface area contributed by atoms with Gasteiger partial charge in [-0.2, -0.15) is 8.78 Å². The van der Waals surface area contributed by atoms with Crippen molar-refractivity contribution in [1.82, 2.24) is 15.6 Å². The van der Waals surface area contributed by atoms with Crippen LogP contribution in [0.3, 0.4) is 0 Å². The monoisotopic (exact) mass is 327 g/mol. The van der Waals surface area contributed by atoms with E-state index in [4.69, 9.17) is 0 Å². The van der Waals surface area contributed by atoms with Gasteiger partial charge >= 0.3 is 12.6 Å². The average molecular weight is 327 g/mol. The maximum absolute atomic E-state index is 12.3. The van der Waals surface area contributed by atoms with Gasteiger partial charge in [0.2, 0.25) is 5.88 Å². The van der Waals surface area contributed by atoms with Gasteiger partial charge in [0.25, 0.3) is 0 Å². The maximum Gasteiger partial charge on any atom is 0.388 e. The average Bonchev–Trinajstić information content (AvgIpc) is 2.47. The van der Waals surface area contributed by atoms with Crippen LogP contribution in [-0.2, 0) is 5.54 Å². The lowest BCUT2D eigenvalue weighted by Gasteiger charge is -2.29. The third kappa shape index (κ3) is 5.33. The van der Waals surface area contributed by atoms with Crippen LogP contribution in [0.5, 0.6) is 5.88 Å². The fourth-order valence-electron chi connectivity index (χ4n) is 2.78. The number of pyridine rings is 1. The largest absolute Gasteiger partial charge is 0.417 e. The number of hydrogen-bond donors (Lipinski definition) is 2. The van der Waals surface area contributed by atoms with Crippen molar-refractivity contribution in [2.75, 3.05) is 0 Å². The minimum atomic E-state index is -2.93. The molecule has 1 aliphatic carbocycles. The van der Waals surface area contributed by atoms with Crippen LogP contribution < -0.4 is 15.4 Å². The Morgan fingerprint density at radius 3 is 2.70 bits per heavy atom. The lowest BCUT2D eigenvalue weighted by molar-refractivity contribution is -0.0529. The number of nitrogens with zero attached hydrogens (tertiary/aromatic N) is 1. The standard InChI is InChI=1S/C16H23F2N3O2/c1-16(2,11-8-9-19-13(10-11)23-14(17)18)21-15(22)20-12-6-4-3-5-7-12/h8-10,12,14H,3-7H2,1-2H3,(H2,20,21,22). The zero-order valence-corrected chi connectivity index (χ0v) is 13.4. The first kappa shape index (κ1) is 17.4. The first-order valence-electron chi connectivity index (χ1n) is 7.87. The molecule has 2 N–H and O–H groups in total. The van der Waals surface area contributed by atoms with Crippen molar-refractivity contribution in [3.63, 3.8) is 0 Å². The van der Waals surface area contributed by atoms with E-state index in [1.54, 1.807) is 19.9 Å². The quantitative estimate of drug-likeness (QED) is 0.869. The highest BCUT2D eigenvalue weighted by Crippen LogP contribution is 2.23. The van der Waals surface area contributed by atoms with E-state index in [-0.39, 0.29) is 18.0 Å². The molecular weight excluding hydrogens is 304 g/mol. The minimum absolute atomic E-state index is 0.167. The van der Waals surface area contributed by atoms with E-state index in [2.05, 4.69) is 20.4 Å². The smallest absolute Gasteiger partial charge is 0.388 e. The third-order valence-electron chi connectivity index (χ3n) is 4.03. The van der Waals surface area contributed by atoms with Gasteiger partial charge in [0.05, 0.1) is 5.54 Å². The molecule has 0 saturated heterocycles. The van der Waals surface area contributed by atoms with Gasteiger partial charge in [-0.1, -0.05) is 19.3 Å². The number of ether oxygens (including phenoxy) is 1. The summed E-state index contributed by atoms with van der Waals surface area (Å²) in [7, 11) is 0. The highest BCUT2D eigenvalue weighted by molar-refractivity contribution is 5.75. The molecule has 2 amide bonds. The van der Waals surface area contributed by atoms with Gasteiger partial charge < -0.3 is 15.4 Å². The van der Waals surface area contributed by atoms with Crippen molar-refractivity contribution in [2.45, 2.75) is 64.1 Å². The molecule has 23 heavy (non-hydrogen) atoms.